The first-order valence-electron chi connectivity index (χ1n) is 10.4. The number of nitrogens with zero attached hydrogens (tertiary/aromatic N) is 3. The predicted octanol–water partition coefficient (Wildman–Crippen LogP) is 4.25. The number of para-hydroxylation sites is 1. The second-order valence-corrected chi connectivity index (χ2v) is 7.68. The highest BCUT2D eigenvalue weighted by Crippen LogP contribution is 2.32. The van der Waals surface area contributed by atoms with Gasteiger partial charge >= 0.3 is 0 Å². The lowest BCUT2D eigenvalue weighted by molar-refractivity contribution is -0.125. The molecule has 1 N–H and O–H groups in total. The van der Waals surface area contributed by atoms with Crippen molar-refractivity contribution < 1.29 is 13.9 Å². The lowest BCUT2D eigenvalue weighted by atomic mass is 9.97. The molecule has 31 heavy (non-hydrogen) atoms. The van der Waals surface area contributed by atoms with E-state index in [0.717, 1.165) is 36.3 Å². The Bertz CT molecular complexity index is 1040. The molecule has 1 atom stereocenters. The van der Waals surface area contributed by atoms with Crippen molar-refractivity contribution in [3.05, 3.63) is 77.9 Å². The summed E-state index contributed by atoms with van der Waals surface area (Å²) in [7, 11) is 0. The van der Waals surface area contributed by atoms with Gasteiger partial charge in [-0.3, -0.25) is 4.79 Å². The first-order valence-corrected chi connectivity index (χ1v) is 10.4. The number of carbonyl (C=O) groups is 1. The van der Waals surface area contributed by atoms with Gasteiger partial charge in [0.05, 0.1) is 5.92 Å². The predicted molar refractivity (Wildman–Crippen MR) is 116 cm³/mol. The minimum absolute atomic E-state index is 0.0145. The van der Waals surface area contributed by atoms with Crippen LogP contribution in [0.25, 0.3) is 0 Å². The normalized spacial score (nSPS) is 16.1. The molecule has 1 aliphatic rings. The molecule has 0 spiro atoms. The van der Waals surface area contributed by atoms with E-state index in [4.69, 9.17) is 4.74 Å². The van der Waals surface area contributed by atoms with Crippen LogP contribution in [0.3, 0.4) is 0 Å². The number of amides is 1. The van der Waals surface area contributed by atoms with Gasteiger partial charge in [0.25, 0.3) is 5.88 Å². The van der Waals surface area contributed by atoms with Gasteiger partial charge in [0.2, 0.25) is 5.91 Å². The van der Waals surface area contributed by atoms with E-state index < -0.39 is 0 Å². The molecule has 160 valence electrons. The summed E-state index contributed by atoms with van der Waals surface area (Å²) in [6.07, 6.45) is 4.92. The van der Waals surface area contributed by atoms with E-state index in [9.17, 15) is 9.18 Å². The van der Waals surface area contributed by atoms with Crippen LogP contribution < -0.4 is 15.0 Å². The minimum Gasteiger partial charge on any atom is -0.436 e. The molecule has 1 fully saturated rings. The van der Waals surface area contributed by atoms with E-state index >= 15 is 0 Å². The number of hydrogen-bond acceptors (Lipinski definition) is 5. The second-order valence-electron chi connectivity index (χ2n) is 7.68. The van der Waals surface area contributed by atoms with Crippen LogP contribution in [-0.2, 0) is 11.3 Å². The third kappa shape index (κ3) is 5.17. The van der Waals surface area contributed by atoms with Crippen molar-refractivity contribution in [2.45, 2.75) is 26.3 Å². The van der Waals surface area contributed by atoms with Crippen LogP contribution in [0, 0.1) is 18.7 Å². The van der Waals surface area contributed by atoms with E-state index in [1.54, 1.807) is 24.5 Å². The molecule has 3 aromatic rings. The molecule has 2 aromatic carbocycles. The van der Waals surface area contributed by atoms with E-state index in [2.05, 4.69) is 20.2 Å². The largest absolute Gasteiger partial charge is 0.436 e. The first-order chi connectivity index (χ1) is 15.1. The van der Waals surface area contributed by atoms with Crippen LogP contribution in [0.5, 0.6) is 11.6 Å². The highest BCUT2D eigenvalue weighted by molar-refractivity contribution is 5.79. The van der Waals surface area contributed by atoms with Gasteiger partial charge in [-0.05, 0) is 49.1 Å². The van der Waals surface area contributed by atoms with Crippen molar-refractivity contribution in [1.29, 1.82) is 0 Å². The van der Waals surface area contributed by atoms with E-state index in [-0.39, 0.29) is 17.6 Å². The van der Waals surface area contributed by atoms with Crippen molar-refractivity contribution in [2.75, 3.05) is 18.0 Å². The van der Waals surface area contributed by atoms with E-state index in [0.29, 0.717) is 24.8 Å². The highest BCUT2D eigenvalue weighted by Gasteiger charge is 2.28. The molecule has 0 bridgehead atoms. The molecule has 1 amide bonds. The van der Waals surface area contributed by atoms with Crippen LogP contribution in [0.2, 0.25) is 0 Å². The van der Waals surface area contributed by atoms with Gasteiger partial charge in [0.1, 0.15) is 11.6 Å². The van der Waals surface area contributed by atoms with Gasteiger partial charge in [-0.2, -0.15) is 0 Å². The van der Waals surface area contributed by atoms with Crippen LogP contribution in [-0.4, -0.2) is 29.0 Å². The van der Waals surface area contributed by atoms with Crippen molar-refractivity contribution in [2.24, 2.45) is 5.92 Å². The van der Waals surface area contributed by atoms with Crippen molar-refractivity contribution in [1.82, 2.24) is 15.3 Å². The van der Waals surface area contributed by atoms with Crippen LogP contribution in [0.1, 0.15) is 24.0 Å². The molecule has 1 saturated heterocycles. The Balaban J connectivity index is 1.43. The average Bonchev–Trinajstić information content (AvgIpc) is 2.80. The van der Waals surface area contributed by atoms with Gasteiger partial charge in [-0.15, -0.1) is 0 Å². The molecule has 1 aromatic heterocycles. The third-order valence-corrected chi connectivity index (χ3v) is 5.42. The van der Waals surface area contributed by atoms with E-state index in [1.165, 1.54) is 12.1 Å². The SMILES string of the molecule is Cc1ccccc1Oc1nccnc1N1CCCC(C(=O)NCc2ccc(F)cc2)C1. The summed E-state index contributed by atoms with van der Waals surface area (Å²) in [5.74, 6) is 1.34. The van der Waals surface area contributed by atoms with Crippen molar-refractivity contribution >= 4 is 11.7 Å². The molecule has 1 unspecified atom stereocenters. The van der Waals surface area contributed by atoms with Gasteiger partial charge < -0.3 is 15.0 Å². The Morgan fingerprint density at radius 2 is 1.94 bits per heavy atom. The topological polar surface area (TPSA) is 67.4 Å². The number of ether oxygens (including phenoxy) is 1. The molecule has 7 heteroatoms. The van der Waals surface area contributed by atoms with Gasteiger partial charge in [0, 0.05) is 32.0 Å². The number of halogens is 1. The standard InChI is InChI=1S/C24H25FN4O2/c1-17-5-2-3-7-21(17)31-24-22(26-12-13-27-24)29-14-4-6-19(16-29)23(30)28-15-18-8-10-20(25)11-9-18/h2-3,5,7-13,19H,4,6,14-16H2,1H3,(H,28,30). The number of carbonyl (C=O) groups excluding carboxylic acids is 1. The fourth-order valence-electron chi connectivity index (χ4n) is 3.70. The minimum atomic E-state index is -0.286. The van der Waals surface area contributed by atoms with Crippen molar-refractivity contribution in [3.63, 3.8) is 0 Å². The van der Waals surface area contributed by atoms with Crippen LogP contribution >= 0.6 is 0 Å². The molecule has 2 heterocycles. The van der Waals surface area contributed by atoms with Gasteiger partial charge in [-0.1, -0.05) is 30.3 Å². The number of aromatic nitrogens is 2. The summed E-state index contributed by atoms with van der Waals surface area (Å²) >= 11 is 0. The van der Waals surface area contributed by atoms with Gasteiger partial charge in [-0.25, -0.2) is 14.4 Å². The maximum Gasteiger partial charge on any atom is 0.263 e. The molecule has 4 rings (SSSR count). The zero-order valence-electron chi connectivity index (χ0n) is 17.4. The molecule has 6 nitrogen and oxygen atoms in total. The molecule has 1 aliphatic heterocycles. The maximum atomic E-state index is 13.1. The monoisotopic (exact) mass is 420 g/mol. The molecule has 0 radical (unpaired) electrons. The molecular weight excluding hydrogens is 395 g/mol. The third-order valence-electron chi connectivity index (χ3n) is 5.42. The summed E-state index contributed by atoms with van der Waals surface area (Å²) in [5, 5.41) is 2.97. The Morgan fingerprint density at radius 1 is 1.16 bits per heavy atom. The molecule has 0 saturated carbocycles. The zero-order valence-corrected chi connectivity index (χ0v) is 17.4. The van der Waals surface area contributed by atoms with Crippen LogP contribution in [0.15, 0.2) is 60.9 Å². The highest BCUT2D eigenvalue weighted by atomic mass is 19.1. The fourth-order valence-corrected chi connectivity index (χ4v) is 3.70. The Hall–Kier alpha value is -3.48. The summed E-state index contributed by atoms with van der Waals surface area (Å²) < 4.78 is 19.1. The summed E-state index contributed by atoms with van der Waals surface area (Å²) in [5.41, 5.74) is 1.88. The number of aryl methyl sites for hydroxylation is 1. The Kier molecular flexibility index (Phi) is 6.40. The zero-order chi connectivity index (χ0) is 21.6. The fraction of sp³-hybridized carbons (Fsp3) is 0.292. The smallest absolute Gasteiger partial charge is 0.263 e. The van der Waals surface area contributed by atoms with Crippen LogP contribution in [0.4, 0.5) is 10.2 Å². The van der Waals surface area contributed by atoms with E-state index in [1.807, 2.05) is 31.2 Å². The second kappa shape index (κ2) is 9.55. The summed E-state index contributed by atoms with van der Waals surface area (Å²) in [6, 6.07) is 13.9. The lowest BCUT2D eigenvalue weighted by Crippen LogP contribution is -2.43. The lowest BCUT2D eigenvalue weighted by Gasteiger charge is -2.33. The molecule has 0 aliphatic carbocycles. The number of hydrogen-bond donors (Lipinski definition) is 1. The summed E-state index contributed by atoms with van der Waals surface area (Å²) in [4.78, 5) is 23.7. The number of nitrogens with one attached hydrogen (secondary N) is 1. The Morgan fingerprint density at radius 3 is 2.74 bits per heavy atom. The van der Waals surface area contributed by atoms with Gasteiger partial charge in [0.15, 0.2) is 5.82 Å². The quantitative estimate of drug-likeness (QED) is 0.646. The number of rotatable bonds is 6. The Labute approximate surface area is 181 Å². The summed E-state index contributed by atoms with van der Waals surface area (Å²) in [6.45, 7) is 3.68. The molecular formula is C24H25FN4O2. The number of benzene rings is 2. The maximum absolute atomic E-state index is 13.1. The number of anilines is 1. The number of piperidine rings is 1. The van der Waals surface area contributed by atoms with Crippen molar-refractivity contribution in [3.8, 4) is 11.6 Å². The average molecular weight is 420 g/mol. The first kappa shape index (κ1) is 20.8.